The third-order valence-electron chi connectivity index (χ3n) is 4.19. The van der Waals surface area contributed by atoms with Gasteiger partial charge in [-0.3, -0.25) is 9.79 Å². The topological polar surface area (TPSA) is 41.9 Å². The molecular formula is C19H14ClF3N2O2S. The normalized spacial score (nSPS) is 14.2. The molecule has 146 valence electrons. The number of esters is 1. The molecule has 28 heavy (non-hydrogen) atoms. The van der Waals surface area contributed by atoms with Crippen molar-refractivity contribution in [1.82, 2.24) is 0 Å². The summed E-state index contributed by atoms with van der Waals surface area (Å²) in [6.45, 7) is -0.220. The molecule has 1 aliphatic heterocycles. The number of carbonyl (C=O) groups is 1. The number of benzodiazepines with no additional fused rings is 1. The minimum atomic E-state index is -4.54. The minimum Gasteiger partial charge on any atom is -0.468 e. The van der Waals surface area contributed by atoms with Crippen LogP contribution in [-0.2, 0) is 15.7 Å². The lowest BCUT2D eigenvalue weighted by molar-refractivity contribution is -0.139. The summed E-state index contributed by atoms with van der Waals surface area (Å²) in [5.41, 5.74) is 0.442. The van der Waals surface area contributed by atoms with E-state index in [1.807, 2.05) is 0 Å². The Morgan fingerprint density at radius 3 is 2.61 bits per heavy atom. The Kier molecular flexibility index (Phi) is 5.71. The van der Waals surface area contributed by atoms with Crippen molar-refractivity contribution in [2.75, 3.05) is 25.1 Å². The zero-order valence-corrected chi connectivity index (χ0v) is 16.2. The number of rotatable bonds is 3. The summed E-state index contributed by atoms with van der Waals surface area (Å²) in [5.74, 6) is -0.575. The summed E-state index contributed by atoms with van der Waals surface area (Å²) in [5, 5.41) is 0.344. The van der Waals surface area contributed by atoms with E-state index in [1.54, 1.807) is 24.3 Å². The van der Waals surface area contributed by atoms with Crippen molar-refractivity contribution >= 4 is 46.2 Å². The second kappa shape index (κ2) is 7.89. The maximum absolute atomic E-state index is 13.3. The standard InChI is InChI=1S/C19H14ClF3N2O2S/c1-27-17(26)10-25-15-7-6-11(19(21,22)23)8-13(15)18(24-9-16(25)28)12-4-2-3-5-14(12)20/h2-8H,9-10H2,1H3. The molecule has 0 aromatic heterocycles. The minimum absolute atomic E-state index is 0.0168. The van der Waals surface area contributed by atoms with E-state index in [1.165, 1.54) is 18.1 Å². The highest BCUT2D eigenvalue weighted by atomic mass is 35.5. The zero-order valence-electron chi connectivity index (χ0n) is 14.6. The first kappa shape index (κ1) is 20.3. The van der Waals surface area contributed by atoms with Gasteiger partial charge in [0.1, 0.15) is 11.5 Å². The van der Waals surface area contributed by atoms with Crippen molar-refractivity contribution in [3.8, 4) is 0 Å². The molecule has 2 aromatic rings. The van der Waals surface area contributed by atoms with Crippen LogP contribution in [0.1, 0.15) is 16.7 Å². The van der Waals surface area contributed by atoms with Crippen molar-refractivity contribution in [1.29, 1.82) is 0 Å². The molecule has 4 nitrogen and oxygen atoms in total. The van der Waals surface area contributed by atoms with Gasteiger partial charge >= 0.3 is 12.1 Å². The number of benzene rings is 2. The van der Waals surface area contributed by atoms with Crippen LogP contribution in [0, 0.1) is 0 Å². The Balaban J connectivity index is 2.23. The van der Waals surface area contributed by atoms with Crippen molar-refractivity contribution in [2.45, 2.75) is 6.18 Å². The van der Waals surface area contributed by atoms with Crippen LogP contribution in [0.2, 0.25) is 5.02 Å². The Morgan fingerprint density at radius 2 is 1.96 bits per heavy atom. The van der Waals surface area contributed by atoms with Gasteiger partial charge in [0, 0.05) is 16.1 Å². The maximum atomic E-state index is 13.3. The molecule has 0 fully saturated rings. The number of thiocarbonyl (C=S) groups is 1. The van der Waals surface area contributed by atoms with Crippen LogP contribution in [0.5, 0.6) is 0 Å². The molecule has 0 saturated carbocycles. The molecule has 1 aliphatic rings. The summed E-state index contributed by atoms with van der Waals surface area (Å²) in [6, 6.07) is 9.95. The van der Waals surface area contributed by atoms with Crippen LogP contribution in [-0.4, -0.2) is 36.9 Å². The number of fused-ring (bicyclic) bond motifs is 1. The molecule has 0 bridgehead atoms. The summed E-state index contributed by atoms with van der Waals surface area (Å²) in [7, 11) is 1.22. The van der Waals surface area contributed by atoms with E-state index in [-0.39, 0.29) is 29.4 Å². The van der Waals surface area contributed by atoms with E-state index in [0.29, 0.717) is 16.3 Å². The number of ether oxygens (including phenoxy) is 1. The molecule has 1 heterocycles. The van der Waals surface area contributed by atoms with Crippen LogP contribution in [0.25, 0.3) is 0 Å². The average Bonchev–Trinajstić information content (AvgIpc) is 2.78. The lowest BCUT2D eigenvalue weighted by Crippen LogP contribution is -2.36. The summed E-state index contributed by atoms with van der Waals surface area (Å²) < 4.78 is 44.7. The number of anilines is 1. The van der Waals surface area contributed by atoms with E-state index >= 15 is 0 Å². The molecule has 3 rings (SSSR count). The van der Waals surface area contributed by atoms with E-state index in [0.717, 1.165) is 12.1 Å². The van der Waals surface area contributed by atoms with Gasteiger partial charge in [0.05, 0.1) is 30.6 Å². The van der Waals surface area contributed by atoms with Crippen LogP contribution >= 0.6 is 23.8 Å². The van der Waals surface area contributed by atoms with Crippen LogP contribution in [0.3, 0.4) is 0 Å². The molecule has 9 heteroatoms. The van der Waals surface area contributed by atoms with E-state index in [4.69, 9.17) is 23.8 Å². The number of carbonyl (C=O) groups excluding carboxylic acids is 1. The Labute approximate surface area is 169 Å². The fourth-order valence-corrected chi connectivity index (χ4v) is 3.29. The number of hydrogen-bond donors (Lipinski definition) is 0. The molecular weight excluding hydrogens is 413 g/mol. The lowest BCUT2D eigenvalue weighted by atomic mass is 9.97. The summed E-state index contributed by atoms with van der Waals surface area (Å²) >= 11 is 11.6. The Hall–Kier alpha value is -2.45. The first-order chi connectivity index (χ1) is 13.2. The number of aliphatic imine (C=N–C) groups is 1. The average molecular weight is 427 g/mol. The predicted octanol–water partition coefficient (Wildman–Crippen LogP) is 4.52. The first-order valence-corrected chi connectivity index (χ1v) is 8.89. The van der Waals surface area contributed by atoms with Gasteiger partial charge in [-0.25, -0.2) is 0 Å². The molecule has 0 unspecified atom stereocenters. The number of alkyl halides is 3. The lowest BCUT2D eigenvalue weighted by Gasteiger charge is -2.24. The monoisotopic (exact) mass is 426 g/mol. The van der Waals surface area contributed by atoms with Crippen LogP contribution in [0.4, 0.5) is 18.9 Å². The second-order valence-electron chi connectivity index (χ2n) is 5.93. The smallest absolute Gasteiger partial charge is 0.416 e. The van der Waals surface area contributed by atoms with Gasteiger partial charge in [0.15, 0.2) is 0 Å². The molecule has 0 atom stereocenters. The van der Waals surface area contributed by atoms with Crippen LogP contribution in [0.15, 0.2) is 47.5 Å². The van der Waals surface area contributed by atoms with Gasteiger partial charge in [-0.15, -0.1) is 0 Å². The SMILES string of the molecule is COC(=O)CN1C(=S)CN=C(c2ccccc2Cl)c2cc(C(F)(F)F)ccc21. The molecule has 0 amide bonds. The highest BCUT2D eigenvalue weighted by molar-refractivity contribution is 7.80. The number of hydrogen-bond acceptors (Lipinski definition) is 4. The molecule has 0 aliphatic carbocycles. The second-order valence-corrected chi connectivity index (χ2v) is 6.81. The van der Waals surface area contributed by atoms with Crippen molar-refractivity contribution in [3.63, 3.8) is 0 Å². The largest absolute Gasteiger partial charge is 0.468 e. The third-order valence-corrected chi connectivity index (χ3v) is 4.87. The molecule has 0 radical (unpaired) electrons. The van der Waals surface area contributed by atoms with E-state index in [2.05, 4.69) is 9.73 Å². The van der Waals surface area contributed by atoms with Gasteiger partial charge in [-0.05, 0) is 24.3 Å². The summed E-state index contributed by atoms with van der Waals surface area (Å²) in [6.07, 6.45) is -4.54. The van der Waals surface area contributed by atoms with Crippen molar-refractivity contribution in [3.05, 3.63) is 64.2 Å². The number of methoxy groups -OCH3 is 1. The van der Waals surface area contributed by atoms with Gasteiger partial charge in [-0.1, -0.05) is 42.0 Å². The first-order valence-electron chi connectivity index (χ1n) is 8.10. The van der Waals surface area contributed by atoms with Gasteiger partial charge < -0.3 is 9.64 Å². The van der Waals surface area contributed by atoms with Gasteiger partial charge in [0.2, 0.25) is 0 Å². The Bertz CT molecular complexity index is 976. The van der Waals surface area contributed by atoms with Crippen molar-refractivity contribution < 1.29 is 22.7 Å². The quantitative estimate of drug-likeness (QED) is 0.534. The molecule has 2 aromatic carbocycles. The number of halogens is 4. The van der Waals surface area contributed by atoms with Gasteiger partial charge in [0.25, 0.3) is 0 Å². The highest BCUT2D eigenvalue weighted by Gasteiger charge is 2.33. The van der Waals surface area contributed by atoms with Gasteiger partial charge in [-0.2, -0.15) is 13.2 Å². The zero-order chi connectivity index (χ0) is 20.5. The molecule has 0 N–H and O–H groups in total. The van der Waals surface area contributed by atoms with Crippen LogP contribution < -0.4 is 4.90 Å². The Morgan fingerprint density at radius 1 is 1.25 bits per heavy atom. The van der Waals surface area contributed by atoms with E-state index < -0.39 is 17.7 Å². The fourth-order valence-electron chi connectivity index (χ4n) is 2.84. The van der Waals surface area contributed by atoms with Crippen molar-refractivity contribution in [2.24, 2.45) is 4.99 Å². The highest BCUT2D eigenvalue weighted by Crippen LogP contribution is 2.36. The predicted molar refractivity (Wildman–Crippen MR) is 105 cm³/mol. The third kappa shape index (κ3) is 4.02. The van der Waals surface area contributed by atoms with E-state index in [9.17, 15) is 18.0 Å². The molecule has 0 saturated heterocycles. The maximum Gasteiger partial charge on any atom is 0.416 e. The number of nitrogens with zero attached hydrogens (tertiary/aromatic N) is 2. The molecule has 0 spiro atoms. The summed E-state index contributed by atoms with van der Waals surface area (Å²) in [4.78, 5) is 18.0. The fraction of sp³-hybridized carbons (Fsp3) is 0.211.